The highest BCUT2D eigenvalue weighted by atomic mass is 32.2. The molecule has 1 aliphatic rings. The van der Waals surface area contributed by atoms with Crippen molar-refractivity contribution in [3.05, 3.63) is 29.6 Å². The van der Waals surface area contributed by atoms with E-state index < -0.39 is 9.84 Å². The molecule has 0 spiro atoms. The Morgan fingerprint density at radius 1 is 1.44 bits per heavy atom. The summed E-state index contributed by atoms with van der Waals surface area (Å²) in [7, 11) is -2.87. The molecule has 0 amide bonds. The Balaban J connectivity index is 2.11. The van der Waals surface area contributed by atoms with Crippen LogP contribution >= 0.6 is 0 Å². The van der Waals surface area contributed by atoms with Crippen LogP contribution in [0.5, 0.6) is 0 Å². The molecule has 88 valence electrons. The van der Waals surface area contributed by atoms with E-state index in [2.05, 4.69) is 5.32 Å². The standard InChI is InChI=1S/C11H14FNO2S/c1-8-6-9(12)2-3-11(8)13-10-4-5-16(14,15)7-10/h2-3,6,10,13H,4-5,7H2,1H3. The molecule has 1 aromatic carbocycles. The topological polar surface area (TPSA) is 46.2 Å². The van der Waals surface area contributed by atoms with Crippen LogP contribution in [-0.2, 0) is 9.84 Å². The van der Waals surface area contributed by atoms with Crippen LogP contribution in [0.25, 0.3) is 0 Å². The Kier molecular flexibility index (Phi) is 2.88. The van der Waals surface area contributed by atoms with Gasteiger partial charge in [-0.15, -0.1) is 0 Å². The van der Waals surface area contributed by atoms with E-state index >= 15 is 0 Å². The SMILES string of the molecule is Cc1cc(F)ccc1NC1CCS(=O)(=O)C1. The summed E-state index contributed by atoms with van der Waals surface area (Å²) in [6.45, 7) is 1.80. The Labute approximate surface area is 94.6 Å². The van der Waals surface area contributed by atoms with Gasteiger partial charge in [-0.25, -0.2) is 12.8 Å². The third-order valence-electron chi connectivity index (χ3n) is 2.78. The predicted molar refractivity (Wildman–Crippen MR) is 61.8 cm³/mol. The average molecular weight is 243 g/mol. The molecule has 1 N–H and O–H groups in total. The second-order valence-corrected chi connectivity index (χ2v) is 6.43. The van der Waals surface area contributed by atoms with E-state index in [9.17, 15) is 12.8 Å². The second-order valence-electron chi connectivity index (χ2n) is 4.20. The number of halogens is 1. The molecule has 1 saturated heterocycles. The molecule has 0 saturated carbocycles. The Hall–Kier alpha value is -1.10. The first-order chi connectivity index (χ1) is 7.46. The number of rotatable bonds is 2. The molecule has 0 bridgehead atoms. The van der Waals surface area contributed by atoms with Gasteiger partial charge in [0.2, 0.25) is 0 Å². The van der Waals surface area contributed by atoms with Gasteiger partial charge in [-0.3, -0.25) is 0 Å². The lowest BCUT2D eigenvalue weighted by atomic mass is 10.1. The number of sulfone groups is 1. The summed E-state index contributed by atoms with van der Waals surface area (Å²) in [5.41, 5.74) is 1.60. The minimum Gasteiger partial charge on any atom is -0.381 e. The van der Waals surface area contributed by atoms with Crippen molar-refractivity contribution in [1.29, 1.82) is 0 Å². The molecular weight excluding hydrogens is 229 g/mol. The Morgan fingerprint density at radius 2 is 2.19 bits per heavy atom. The summed E-state index contributed by atoms with van der Waals surface area (Å²) in [6.07, 6.45) is 0.624. The van der Waals surface area contributed by atoms with E-state index in [1.807, 2.05) is 0 Å². The normalized spacial score (nSPS) is 23.2. The zero-order valence-electron chi connectivity index (χ0n) is 9.03. The van der Waals surface area contributed by atoms with E-state index in [4.69, 9.17) is 0 Å². The summed E-state index contributed by atoms with van der Waals surface area (Å²) in [4.78, 5) is 0. The fraction of sp³-hybridized carbons (Fsp3) is 0.455. The summed E-state index contributed by atoms with van der Waals surface area (Å²) in [6, 6.07) is 4.41. The monoisotopic (exact) mass is 243 g/mol. The first-order valence-electron chi connectivity index (χ1n) is 5.19. The highest BCUT2D eigenvalue weighted by molar-refractivity contribution is 7.91. The molecule has 0 radical (unpaired) electrons. The van der Waals surface area contributed by atoms with Gasteiger partial charge in [0.1, 0.15) is 5.82 Å². The van der Waals surface area contributed by atoms with E-state index in [1.165, 1.54) is 12.1 Å². The number of benzene rings is 1. The van der Waals surface area contributed by atoms with Gasteiger partial charge < -0.3 is 5.32 Å². The average Bonchev–Trinajstić information content (AvgIpc) is 2.51. The van der Waals surface area contributed by atoms with E-state index in [0.717, 1.165) is 11.3 Å². The van der Waals surface area contributed by atoms with Gasteiger partial charge in [0.25, 0.3) is 0 Å². The lowest BCUT2D eigenvalue weighted by Gasteiger charge is -2.14. The maximum atomic E-state index is 12.9. The zero-order chi connectivity index (χ0) is 11.8. The number of aryl methyl sites for hydroxylation is 1. The van der Waals surface area contributed by atoms with Crippen molar-refractivity contribution in [3.63, 3.8) is 0 Å². The molecule has 1 aliphatic heterocycles. The van der Waals surface area contributed by atoms with Crippen LogP contribution in [0.2, 0.25) is 0 Å². The van der Waals surface area contributed by atoms with Crippen LogP contribution < -0.4 is 5.32 Å². The number of hydrogen-bond donors (Lipinski definition) is 1. The van der Waals surface area contributed by atoms with Crippen molar-refractivity contribution in [1.82, 2.24) is 0 Å². The molecule has 5 heteroatoms. The van der Waals surface area contributed by atoms with Crippen LogP contribution in [0, 0.1) is 12.7 Å². The zero-order valence-corrected chi connectivity index (χ0v) is 9.85. The van der Waals surface area contributed by atoms with Crippen LogP contribution in [0.1, 0.15) is 12.0 Å². The molecular formula is C11H14FNO2S. The summed E-state index contributed by atoms with van der Waals surface area (Å²) in [5.74, 6) is 0.136. The number of anilines is 1. The maximum absolute atomic E-state index is 12.9. The smallest absolute Gasteiger partial charge is 0.152 e. The van der Waals surface area contributed by atoms with Gasteiger partial charge in [0, 0.05) is 11.7 Å². The largest absolute Gasteiger partial charge is 0.381 e. The predicted octanol–water partition coefficient (Wildman–Crippen LogP) is 1.73. The molecule has 0 aromatic heterocycles. The molecule has 1 aromatic rings. The van der Waals surface area contributed by atoms with Crippen molar-refractivity contribution in [2.24, 2.45) is 0 Å². The van der Waals surface area contributed by atoms with Crippen molar-refractivity contribution in [3.8, 4) is 0 Å². The van der Waals surface area contributed by atoms with Gasteiger partial charge in [0.15, 0.2) is 9.84 Å². The second kappa shape index (κ2) is 4.05. The fourth-order valence-corrected chi connectivity index (χ4v) is 3.59. The molecule has 16 heavy (non-hydrogen) atoms. The molecule has 1 atom stereocenters. The molecule has 3 nitrogen and oxygen atoms in total. The lowest BCUT2D eigenvalue weighted by molar-refractivity contribution is 0.601. The van der Waals surface area contributed by atoms with Crippen molar-refractivity contribution >= 4 is 15.5 Å². The maximum Gasteiger partial charge on any atom is 0.152 e. The van der Waals surface area contributed by atoms with E-state index in [0.29, 0.717) is 6.42 Å². The van der Waals surface area contributed by atoms with E-state index in [-0.39, 0.29) is 23.4 Å². The highest BCUT2D eigenvalue weighted by Crippen LogP contribution is 2.21. The van der Waals surface area contributed by atoms with Crippen molar-refractivity contribution in [2.45, 2.75) is 19.4 Å². The summed E-state index contributed by atoms with van der Waals surface area (Å²) < 4.78 is 35.4. The van der Waals surface area contributed by atoms with Gasteiger partial charge in [0.05, 0.1) is 11.5 Å². The quantitative estimate of drug-likeness (QED) is 0.860. The first kappa shape index (κ1) is 11.4. The summed E-state index contributed by atoms with van der Waals surface area (Å²) in [5, 5.41) is 3.15. The minimum atomic E-state index is -2.87. The lowest BCUT2D eigenvalue weighted by Crippen LogP contribution is -2.21. The van der Waals surface area contributed by atoms with Gasteiger partial charge in [-0.05, 0) is 37.1 Å². The van der Waals surface area contributed by atoms with Crippen LogP contribution in [0.15, 0.2) is 18.2 Å². The third kappa shape index (κ3) is 2.52. The fourth-order valence-electron chi connectivity index (χ4n) is 1.92. The van der Waals surface area contributed by atoms with Gasteiger partial charge >= 0.3 is 0 Å². The van der Waals surface area contributed by atoms with Crippen molar-refractivity contribution < 1.29 is 12.8 Å². The minimum absolute atomic E-state index is 0.0471. The molecule has 0 aliphatic carbocycles. The Morgan fingerprint density at radius 3 is 2.75 bits per heavy atom. The molecule has 2 rings (SSSR count). The number of hydrogen-bond acceptors (Lipinski definition) is 3. The number of nitrogens with one attached hydrogen (secondary N) is 1. The summed E-state index contributed by atoms with van der Waals surface area (Å²) >= 11 is 0. The van der Waals surface area contributed by atoms with Crippen LogP contribution in [0.3, 0.4) is 0 Å². The molecule has 1 unspecified atom stereocenters. The highest BCUT2D eigenvalue weighted by Gasteiger charge is 2.27. The third-order valence-corrected chi connectivity index (χ3v) is 4.55. The van der Waals surface area contributed by atoms with Gasteiger partial charge in [-0.1, -0.05) is 0 Å². The van der Waals surface area contributed by atoms with Crippen LogP contribution in [0.4, 0.5) is 10.1 Å². The van der Waals surface area contributed by atoms with Crippen molar-refractivity contribution in [2.75, 3.05) is 16.8 Å². The van der Waals surface area contributed by atoms with Gasteiger partial charge in [-0.2, -0.15) is 0 Å². The Bertz CT molecular complexity index is 499. The van der Waals surface area contributed by atoms with E-state index in [1.54, 1.807) is 13.0 Å². The van der Waals surface area contributed by atoms with Crippen LogP contribution in [-0.4, -0.2) is 26.0 Å². The molecule has 1 heterocycles. The molecule has 1 fully saturated rings. The first-order valence-corrected chi connectivity index (χ1v) is 7.01.